The molecule has 0 spiro atoms. The number of aryl methyl sites for hydroxylation is 1. The smallest absolute Gasteiger partial charge is 0.352 e. The molecule has 4 rings (SSSR count). The lowest BCUT2D eigenvalue weighted by Crippen LogP contribution is -2.21. The number of carbonyl (C=O) groups is 1. The summed E-state index contributed by atoms with van der Waals surface area (Å²) >= 11 is 0. The van der Waals surface area contributed by atoms with Gasteiger partial charge in [0, 0.05) is 37.8 Å². The number of benzene rings is 2. The van der Waals surface area contributed by atoms with Crippen LogP contribution in [0.2, 0.25) is 0 Å². The number of rotatable bonds is 10. The molecule has 44 heavy (non-hydrogen) atoms. The number of nitrogens with two attached hydrogens (primary N) is 1. The quantitative estimate of drug-likeness (QED) is 0.188. The minimum Gasteiger partial charge on any atom is -0.493 e. The summed E-state index contributed by atoms with van der Waals surface area (Å²) in [5.41, 5.74) is 7.73. The van der Waals surface area contributed by atoms with Crippen molar-refractivity contribution in [3.8, 4) is 17.4 Å². The Morgan fingerprint density at radius 3 is 2.45 bits per heavy atom. The Hall–Kier alpha value is -4.40. The SMILES string of the molecule is CN(C)CCNc1nccc(Oc2cccc3cc(C(=O)O)n(C)c23)n1.CNS(=O)(=O)c1cc(C(C)(C)C)cc(N)c1OC. The summed E-state index contributed by atoms with van der Waals surface area (Å²) in [6.45, 7) is 7.54. The van der Waals surface area contributed by atoms with Crippen molar-refractivity contribution in [1.82, 2.24) is 24.2 Å². The van der Waals surface area contributed by atoms with Gasteiger partial charge in [0.25, 0.3) is 0 Å². The van der Waals surface area contributed by atoms with E-state index < -0.39 is 16.0 Å². The van der Waals surface area contributed by atoms with Crippen LogP contribution in [-0.4, -0.2) is 80.3 Å². The maximum atomic E-state index is 12.0. The first kappa shape index (κ1) is 34.1. The van der Waals surface area contributed by atoms with Crippen LogP contribution in [0, 0.1) is 0 Å². The lowest BCUT2D eigenvalue weighted by Gasteiger charge is -2.22. The highest BCUT2D eigenvalue weighted by Gasteiger charge is 2.24. The molecule has 0 amide bonds. The number of anilines is 2. The highest BCUT2D eigenvalue weighted by atomic mass is 32.2. The van der Waals surface area contributed by atoms with Gasteiger partial charge in [-0.05, 0) is 56.4 Å². The molecule has 238 valence electrons. The Balaban J connectivity index is 0.000000259. The van der Waals surface area contributed by atoms with Gasteiger partial charge in [-0.2, -0.15) is 4.98 Å². The van der Waals surface area contributed by atoms with E-state index in [1.807, 2.05) is 47.0 Å². The molecule has 2 aromatic heterocycles. The van der Waals surface area contributed by atoms with Crippen molar-refractivity contribution in [2.45, 2.75) is 31.1 Å². The average molecular weight is 628 g/mol. The van der Waals surface area contributed by atoms with Crippen molar-refractivity contribution in [3.63, 3.8) is 0 Å². The zero-order chi connectivity index (χ0) is 32.8. The van der Waals surface area contributed by atoms with E-state index in [1.165, 1.54) is 14.2 Å². The van der Waals surface area contributed by atoms with Gasteiger partial charge in [0.05, 0.1) is 18.3 Å². The number of nitrogens with one attached hydrogen (secondary N) is 2. The van der Waals surface area contributed by atoms with Gasteiger partial charge in [0.15, 0.2) is 11.5 Å². The Labute approximate surface area is 258 Å². The molecule has 0 atom stereocenters. The van der Waals surface area contributed by atoms with E-state index in [0.717, 1.165) is 17.5 Å². The molecule has 0 aliphatic carbocycles. The Morgan fingerprint density at radius 1 is 1.16 bits per heavy atom. The molecule has 0 saturated carbocycles. The first-order valence-corrected chi connectivity index (χ1v) is 15.2. The second-order valence-corrected chi connectivity index (χ2v) is 13.0. The molecule has 4 aromatic rings. The van der Waals surface area contributed by atoms with Crippen LogP contribution in [-0.2, 0) is 22.5 Å². The van der Waals surface area contributed by atoms with Crippen LogP contribution in [0.25, 0.3) is 10.9 Å². The van der Waals surface area contributed by atoms with Gasteiger partial charge in [-0.25, -0.2) is 22.9 Å². The van der Waals surface area contributed by atoms with E-state index in [-0.39, 0.29) is 21.8 Å². The Morgan fingerprint density at radius 2 is 1.86 bits per heavy atom. The fourth-order valence-electron chi connectivity index (χ4n) is 4.24. The molecule has 5 N–H and O–H groups in total. The van der Waals surface area contributed by atoms with Gasteiger partial charge < -0.3 is 35.1 Å². The van der Waals surface area contributed by atoms with Crippen LogP contribution >= 0.6 is 0 Å². The molecule has 0 radical (unpaired) electrons. The summed E-state index contributed by atoms with van der Waals surface area (Å²) in [5.74, 6) is 0.601. The van der Waals surface area contributed by atoms with E-state index in [2.05, 4.69) is 24.9 Å². The molecule has 0 saturated heterocycles. The van der Waals surface area contributed by atoms with Crippen molar-refractivity contribution in [2.75, 3.05) is 52.4 Å². The molecular formula is C30H41N7O6S. The number of hydrogen-bond donors (Lipinski definition) is 4. The normalized spacial score (nSPS) is 11.7. The van der Waals surface area contributed by atoms with Gasteiger partial charge in [-0.15, -0.1) is 0 Å². The van der Waals surface area contributed by atoms with Crippen molar-refractivity contribution >= 4 is 38.5 Å². The summed E-state index contributed by atoms with van der Waals surface area (Å²) in [4.78, 5) is 22.0. The maximum absolute atomic E-state index is 12.0. The number of aromatic nitrogens is 3. The number of carboxylic acids is 1. The second kappa shape index (κ2) is 13.9. The number of aromatic carboxylic acids is 1. The third-order valence-corrected chi connectivity index (χ3v) is 8.06. The number of likely N-dealkylation sites (N-methyl/N-ethyl adjacent to an activating group) is 1. The van der Waals surface area contributed by atoms with Gasteiger partial charge >= 0.3 is 5.97 Å². The number of nitrogen functional groups attached to an aromatic ring is 1. The molecule has 0 aliphatic heterocycles. The van der Waals surface area contributed by atoms with Crippen LogP contribution in [0.5, 0.6) is 17.4 Å². The molecule has 0 unspecified atom stereocenters. The molecule has 2 aromatic carbocycles. The van der Waals surface area contributed by atoms with E-state index in [0.29, 0.717) is 35.3 Å². The fraction of sp³-hybridized carbons (Fsp3) is 0.367. The standard InChI is InChI=1S/C18H21N5O3.C12H20N2O3S/c1-22(2)10-9-20-18-19-8-7-15(21-18)26-14-6-4-5-12-11-13(17(24)25)23(3)16(12)14;1-12(2,3)8-6-9(13)11(17-5)10(7-8)18(15,16)14-4/h4-8,11H,9-10H2,1-3H3,(H,24,25)(H,19,20,21);6-7,14H,13H2,1-5H3. The van der Waals surface area contributed by atoms with E-state index in [1.54, 1.807) is 48.1 Å². The molecule has 0 aliphatic rings. The van der Waals surface area contributed by atoms with E-state index in [9.17, 15) is 18.3 Å². The highest BCUT2D eigenvalue weighted by molar-refractivity contribution is 7.89. The Kier molecular flexibility index (Phi) is 10.8. The summed E-state index contributed by atoms with van der Waals surface area (Å²) < 4.78 is 38.8. The molecule has 2 heterocycles. The van der Waals surface area contributed by atoms with Gasteiger partial charge in [0.2, 0.25) is 21.9 Å². The lowest BCUT2D eigenvalue weighted by atomic mass is 9.87. The Bertz CT molecular complexity index is 1730. The molecular weight excluding hydrogens is 586 g/mol. The van der Waals surface area contributed by atoms with Gasteiger partial charge in [0.1, 0.15) is 10.6 Å². The maximum Gasteiger partial charge on any atom is 0.352 e. The van der Waals surface area contributed by atoms with Crippen molar-refractivity contribution < 1.29 is 27.8 Å². The number of carboxylic acid groups (broad SMARTS) is 1. The average Bonchev–Trinajstić information content (AvgIpc) is 3.30. The zero-order valence-electron chi connectivity index (χ0n) is 26.3. The summed E-state index contributed by atoms with van der Waals surface area (Å²) in [6.07, 6.45) is 1.62. The fourth-order valence-corrected chi connectivity index (χ4v) is 5.19. The third kappa shape index (κ3) is 8.15. The number of sulfonamides is 1. The highest BCUT2D eigenvalue weighted by Crippen LogP contribution is 2.36. The van der Waals surface area contributed by atoms with Crippen LogP contribution in [0.4, 0.5) is 11.6 Å². The summed E-state index contributed by atoms with van der Waals surface area (Å²) in [7, 11) is 4.84. The monoisotopic (exact) mass is 627 g/mol. The molecule has 14 heteroatoms. The molecule has 0 fully saturated rings. The number of nitrogens with zero attached hydrogens (tertiary/aromatic N) is 4. The van der Waals surface area contributed by atoms with Crippen molar-refractivity contribution in [1.29, 1.82) is 0 Å². The summed E-state index contributed by atoms with van der Waals surface area (Å²) in [5, 5.41) is 13.2. The first-order chi connectivity index (χ1) is 20.6. The number of fused-ring (bicyclic) bond motifs is 1. The summed E-state index contributed by atoms with van der Waals surface area (Å²) in [6, 6.07) is 12.1. The topological polar surface area (TPSA) is 174 Å². The van der Waals surface area contributed by atoms with E-state index >= 15 is 0 Å². The van der Waals surface area contributed by atoms with Crippen LogP contribution in [0.15, 0.2) is 53.6 Å². The van der Waals surface area contributed by atoms with Gasteiger partial charge in [-0.1, -0.05) is 32.9 Å². The number of ether oxygens (including phenoxy) is 2. The van der Waals surface area contributed by atoms with Gasteiger partial charge in [-0.3, -0.25) is 0 Å². The number of hydrogen-bond acceptors (Lipinski definition) is 10. The number of methoxy groups -OCH3 is 1. The van der Waals surface area contributed by atoms with Crippen LogP contribution in [0.3, 0.4) is 0 Å². The minimum absolute atomic E-state index is 0.0671. The third-order valence-electron chi connectivity index (χ3n) is 6.64. The number of para-hydroxylation sites is 1. The molecule has 0 bridgehead atoms. The largest absolute Gasteiger partial charge is 0.493 e. The predicted molar refractivity (Wildman–Crippen MR) is 171 cm³/mol. The lowest BCUT2D eigenvalue weighted by molar-refractivity contribution is 0.0687. The zero-order valence-corrected chi connectivity index (χ0v) is 27.1. The minimum atomic E-state index is -3.60. The second-order valence-electron chi connectivity index (χ2n) is 11.2. The van der Waals surface area contributed by atoms with E-state index in [4.69, 9.17) is 15.2 Å². The predicted octanol–water partition coefficient (Wildman–Crippen LogP) is 3.92. The van der Waals surface area contributed by atoms with Crippen LogP contribution < -0.4 is 25.2 Å². The van der Waals surface area contributed by atoms with Crippen LogP contribution in [0.1, 0.15) is 36.8 Å². The van der Waals surface area contributed by atoms with Crippen molar-refractivity contribution in [2.24, 2.45) is 7.05 Å². The van der Waals surface area contributed by atoms with Crippen molar-refractivity contribution in [3.05, 3.63) is 59.9 Å². The first-order valence-electron chi connectivity index (χ1n) is 13.7. The molecule has 13 nitrogen and oxygen atoms in total.